The third-order valence-electron chi connectivity index (χ3n) is 1.38. The molecule has 2 aromatic rings. The Labute approximate surface area is 64.4 Å². The standard InChI is InChI=1S/C6H3F3N2O/c7-6(8,9)4-3-5-11(10-4)1-2-12-5/h1-3H. The lowest BCUT2D eigenvalue weighted by Gasteiger charge is -1.98. The van der Waals surface area contributed by atoms with Crippen molar-refractivity contribution in [2.75, 3.05) is 0 Å². The van der Waals surface area contributed by atoms with Crippen LogP contribution in [-0.2, 0) is 6.18 Å². The second-order valence-electron chi connectivity index (χ2n) is 2.21. The molecule has 0 bridgehead atoms. The molecule has 3 nitrogen and oxygen atoms in total. The van der Waals surface area contributed by atoms with Crippen molar-refractivity contribution in [1.82, 2.24) is 9.61 Å². The van der Waals surface area contributed by atoms with Gasteiger partial charge in [-0.15, -0.1) is 0 Å². The van der Waals surface area contributed by atoms with Gasteiger partial charge in [0.25, 0.3) is 0 Å². The van der Waals surface area contributed by atoms with Crippen molar-refractivity contribution in [3.8, 4) is 0 Å². The summed E-state index contributed by atoms with van der Waals surface area (Å²) >= 11 is 0. The average Bonchev–Trinajstić information content (AvgIpc) is 2.37. The van der Waals surface area contributed by atoms with E-state index in [1.807, 2.05) is 0 Å². The van der Waals surface area contributed by atoms with Crippen LogP contribution in [0.2, 0.25) is 0 Å². The van der Waals surface area contributed by atoms with Gasteiger partial charge in [-0.1, -0.05) is 0 Å². The molecule has 2 aromatic heterocycles. The summed E-state index contributed by atoms with van der Waals surface area (Å²) in [7, 11) is 0. The SMILES string of the molecule is FC(F)(F)c1cc2occn2n1. The fourth-order valence-corrected chi connectivity index (χ4v) is 0.868. The Hall–Kier alpha value is -1.46. The molecular formula is C6H3F3N2O. The number of oxazole rings is 1. The zero-order valence-electron chi connectivity index (χ0n) is 5.67. The number of hydrogen-bond acceptors (Lipinski definition) is 2. The number of halogens is 3. The number of hydrogen-bond donors (Lipinski definition) is 0. The lowest BCUT2D eigenvalue weighted by atomic mass is 10.4. The van der Waals surface area contributed by atoms with E-state index >= 15 is 0 Å². The minimum Gasteiger partial charge on any atom is -0.445 e. The van der Waals surface area contributed by atoms with Gasteiger partial charge in [-0.05, 0) is 0 Å². The van der Waals surface area contributed by atoms with Gasteiger partial charge < -0.3 is 4.42 Å². The fraction of sp³-hybridized carbons (Fsp3) is 0.167. The molecule has 12 heavy (non-hydrogen) atoms. The number of fused-ring (bicyclic) bond motifs is 1. The minimum atomic E-state index is -4.41. The largest absolute Gasteiger partial charge is 0.445 e. The number of nitrogens with zero attached hydrogens (tertiary/aromatic N) is 2. The Morgan fingerprint density at radius 1 is 1.42 bits per heavy atom. The number of rotatable bonds is 0. The van der Waals surface area contributed by atoms with Crippen LogP contribution >= 0.6 is 0 Å². The molecule has 0 atom stereocenters. The van der Waals surface area contributed by atoms with Gasteiger partial charge in [0.05, 0.1) is 6.20 Å². The maximum Gasteiger partial charge on any atom is 0.435 e. The maximum atomic E-state index is 12.0. The van der Waals surface area contributed by atoms with E-state index in [1.54, 1.807) is 0 Å². The smallest absolute Gasteiger partial charge is 0.435 e. The fourth-order valence-electron chi connectivity index (χ4n) is 0.868. The number of alkyl halides is 3. The molecule has 0 spiro atoms. The van der Waals surface area contributed by atoms with Crippen LogP contribution in [0.25, 0.3) is 5.71 Å². The molecule has 0 N–H and O–H groups in total. The van der Waals surface area contributed by atoms with Crippen LogP contribution in [0.1, 0.15) is 5.69 Å². The van der Waals surface area contributed by atoms with Crippen molar-refractivity contribution >= 4 is 5.71 Å². The van der Waals surface area contributed by atoms with Crippen molar-refractivity contribution in [3.05, 3.63) is 24.2 Å². The quantitative estimate of drug-likeness (QED) is 0.614. The van der Waals surface area contributed by atoms with Crippen molar-refractivity contribution < 1.29 is 17.6 Å². The molecule has 0 unspecified atom stereocenters. The molecule has 2 rings (SSSR count). The zero-order valence-corrected chi connectivity index (χ0v) is 5.67. The van der Waals surface area contributed by atoms with E-state index in [0.29, 0.717) is 0 Å². The van der Waals surface area contributed by atoms with Crippen molar-refractivity contribution in [1.29, 1.82) is 0 Å². The highest BCUT2D eigenvalue weighted by atomic mass is 19.4. The molecule has 0 aromatic carbocycles. The molecule has 0 amide bonds. The van der Waals surface area contributed by atoms with Crippen LogP contribution in [0, 0.1) is 0 Å². The third-order valence-corrected chi connectivity index (χ3v) is 1.38. The van der Waals surface area contributed by atoms with Gasteiger partial charge in [0.1, 0.15) is 6.26 Å². The van der Waals surface area contributed by atoms with Crippen LogP contribution in [0.15, 0.2) is 22.9 Å². The van der Waals surface area contributed by atoms with Gasteiger partial charge in [-0.3, -0.25) is 0 Å². The summed E-state index contributed by atoms with van der Waals surface area (Å²) < 4.78 is 41.7. The second-order valence-corrected chi connectivity index (χ2v) is 2.21. The first kappa shape index (κ1) is 7.20. The summed E-state index contributed by atoms with van der Waals surface area (Å²) in [6.07, 6.45) is -1.83. The van der Waals surface area contributed by atoms with Crippen LogP contribution < -0.4 is 0 Å². The maximum absolute atomic E-state index is 12.0. The summed E-state index contributed by atoms with van der Waals surface area (Å²) in [6.45, 7) is 0. The van der Waals surface area contributed by atoms with Crippen LogP contribution in [0.4, 0.5) is 13.2 Å². The zero-order chi connectivity index (χ0) is 8.77. The molecule has 0 fully saturated rings. The van der Waals surface area contributed by atoms with Crippen LogP contribution in [0.5, 0.6) is 0 Å². The molecule has 2 heterocycles. The predicted octanol–water partition coefficient (Wildman–Crippen LogP) is 1.95. The molecule has 0 aliphatic heterocycles. The average molecular weight is 176 g/mol. The van der Waals surface area contributed by atoms with E-state index < -0.39 is 11.9 Å². The molecule has 0 saturated carbocycles. The molecule has 0 aliphatic carbocycles. The minimum absolute atomic E-state index is 0.0855. The summed E-state index contributed by atoms with van der Waals surface area (Å²) in [5.74, 6) is 0. The first-order valence-corrected chi connectivity index (χ1v) is 3.07. The van der Waals surface area contributed by atoms with E-state index in [2.05, 4.69) is 5.10 Å². The van der Waals surface area contributed by atoms with Gasteiger partial charge in [-0.2, -0.15) is 18.3 Å². The summed E-state index contributed by atoms with van der Waals surface area (Å²) in [5.41, 5.74) is -0.857. The normalized spacial score (nSPS) is 12.6. The van der Waals surface area contributed by atoms with Gasteiger partial charge >= 0.3 is 6.18 Å². The van der Waals surface area contributed by atoms with Crippen molar-refractivity contribution in [2.24, 2.45) is 0 Å². The molecule has 0 aliphatic rings. The first-order chi connectivity index (χ1) is 5.57. The van der Waals surface area contributed by atoms with Gasteiger partial charge in [0.2, 0.25) is 5.71 Å². The summed E-state index contributed by atoms with van der Waals surface area (Å²) in [5, 5.41) is 3.24. The van der Waals surface area contributed by atoms with Crippen molar-refractivity contribution in [2.45, 2.75) is 6.18 Å². The first-order valence-electron chi connectivity index (χ1n) is 3.07. The van der Waals surface area contributed by atoms with Gasteiger partial charge in [0.15, 0.2) is 5.69 Å². The topological polar surface area (TPSA) is 30.4 Å². The third kappa shape index (κ3) is 0.956. The van der Waals surface area contributed by atoms with E-state index in [1.165, 1.54) is 12.5 Å². The van der Waals surface area contributed by atoms with E-state index in [4.69, 9.17) is 4.42 Å². The van der Waals surface area contributed by atoms with E-state index in [-0.39, 0.29) is 5.71 Å². The van der Waals surface area contributed by atoms with Gasteiger partial charge in [-0.25, -0.2) is 4.52 Å². The Morgan fingerprint density at radius 2 is 2.17 bits per heavy atom. The second kappa shape index (κ2) is 2.02. The highest BCUT2D eigenvalue weighted by Gasteiger charge is 2.34. The van der Waals surface area contributed by atoms with Crippen LogP contribution in [-0.4, -0.2) is 9.61 Å². The summed E-state index contributed by atoms with van der Waals surface area (Å²) in [6, 6.07) is 0.847. The summed E-state index contributed by atoms with van der Waals surface area (Å²) in [4.78, 5) is 0. The van der Waals surface area contributed by atoms with E-state index in [0.717, 1.165) is 10.6 Å². The highest BCUT2D eigenvalue weighted by molar-refractivity contribution is 5.35. The van der Waals surface area contributed by atoms with E-state index in [9.17, 15) is 13.2 Å². The Kier molecular flexibility index (Phi) is 1.22. The predicted molar refractivity (Wildman–Crippen MR) is 32.5 cm³/mol. The molecular weight excluding hydrogens is 173 g/mol. The monoisotopic (exact) mass is 176 g/mol. The van der Waals surface area contributed by atoms with Crippen LogP contribution in [0.3, 0.4) is 0 Å². The molecule has 64 valence electrons. The lowest BCUT2D eigenvalue weighted by molar-refractivity contribution is -0.141. The molecule has 6 heteroatoms. The highest BCUT2D eigenvalue weighted by Crippen LogP contribution is 2.28. The Balaban J connectivity index is 2.59. The molecule has 0 radical (unpaired) electrons. The Bertz CT molecular complexity index is 371. The van der Waals surface area contributed by atoms with Gasteiger partial charge in [0, 0.05) is 6.07 Å². The lowest BCUT2D eigenvalue weighted by Crippen LogP contribution is -2.05. The Morgan fingerprint density at radius 3 is 2.75 bits per heavy atom. The molecule has 0 saturated heterocycles. The number of aromatic nitrogens is 2. The van der Waals surface area contributed by atoms with Crippen molar-refractivity contribution in [3.63, 3.8) is 0 Å².